The molecule has 0 spiro atoms. The minimum absolute atomic E-state index is 0.247. The van der Waals surface area contributed by atoms with Crippen molar-refractivity contribution in [2.24, 2.45) is 10.7 Å². The number of methoxy groups -OCH3 is 1. The number of benzene rings is 3. The number of carbonyl (C=O) groups excluding carboxylic acids is 3. The first-order valence-corrected chi connectivity index (χ1v) is 10.8. The van der Waals surface area contributed by atoms with Crippen LogP contribution < -0.4 is 16.4 Å². The summed E-state index contributed by atoms with van der Waals surface area (Å²) in [6, 6.07) is 21.2. The van der Waals surface area contributed by atoms with Crippen molar-refractivity contribution >= 4 is 34.9 Å². The average Bonchev–Trinajstić information content (AvgIpc) is 3.20. The lowest BCUT2D eigenvalue weighted by Crippen LogP contribution is -2.28. The third kappa shape index (κ3) is 4.72. The molecule has 3 aromatic rings. The van der Waals surface area contributed by atoms with Gasteiger partial charge in [0, 0.05) is 24.3 Å². The number of nitrogens with zero attached hydrogens (tertiary/aromatic N) is 1. The minimum atomic E-state index is -0.696. The fourth-order valence-corrected chi connectivity index (χ4v) is 3.83. The van der Waals surface area contributed by atoms with E-state index in [0.29, 0.717) is 46.9 Å². The molecule has 0 aromatic heterocycles. The largest absolute Gasteiger partial charge is 0.465 e. The number of aliphatic imine (C=N–C) groups is 1. The zero-order chi connectivity index (χ0) is 24.1. The van der Waals surface area contributed by atoms with E-state index < -0.39 is 11.9 Å². The summed E-state index contributed by atoms with van der Waals surface area (Å²) in [6.45, 7) is 0.712. The van der Waals surface area contributed by atoms with E-state index in [4.69, 9.17) is 15.5 Å². The van der Waals surface area contributed by atoms with Crippen molar-refractivity contribution < 1.29 is 19.1 Å². The quantitative estimate of drug-likeness (QED) is 0.373. The molecule has 3 aromatic carbocycles. The first kappa shape index (κ1) is 22.9. The van der Waals surface area contributed by atoms with Gasteiger partial charge in [-0.2, -0.15) is 0 Å². The highest BCUT2D eigenvalue weighted by atomic mass is 16.5. The van der Waals surface area contributed by atoms with E-state index in [0.717, 1.165) is 5.56 Å². The van der Waals surface area contributed by atoms with Crippen molar-refractivity contribution in [2.45, 2.75) is 5.92 Å². The number of rotatable bonds is 7. The van der Waals surface area contributed by atoms with Crippen LogP contribution in [0.2, 0.25) is 0 Å². The molecule has 0 fully saturated rings. The standard InChI is InChI=1S/C26H24N4O4/c1-34-26(33)18-10-11-20-21(15-18)30-25(32)22(20)23(16-6-3-2-4-7-16)29-19-9-5-8-17(14-19)24(31)28-13-12-27/h2-11,14-15,22H,12-13,27H2,1H3,(H,28,31)(H,30,32). The number of esters is 1. The number of hydrogen-bond donors (Lipinski definition) is 3. The summed E-state index contributed by atoms with van der Waals surface area (Å²) in [6.07, 6.45) is 0. The Morgan fingerprint density at radius 2 is 1.76 bits per heavy atom. The third-order valence-electron chi connectivity index (χ3n) is 5.44. The number of fused-ring (bicyclic) bond motifs is 1. The highest BCUT2D eigenvalue weighted by Crippen LogP contribution is 2.37. The van der Waals surface area contributed by atoms with Crippen molar-refractivity contribution in [2.75, 3.05) is 25.5 Å². The molecule has 34 heavy (non-hydrogen) atoms. The zero-order valence-corrected chi connectivity index (χ0v) is 18.6. The van der Waals surface area contributed by atoms with Crippen molar-refractivity contribution in [3.63, 3.8) is 0 Å². The predicted octanol–water partition coefficient (Wildman–Crippen LogP) is 3.02. The molecule has 8 heteroatoms. The highest BCUT2D eigenvalue weighted by molar-refractivity contribution is 6.24. The molecule has 2 amide bonds. The second kappa shape index (κ2) is 10.1. The Morgan fingerprint density at radius 3 is 2.50 bits per heavy atom. The molecule has 0 radical (unpaired) electrons. The number of ether oxygens (including phenoxy) is 1. The molecular formula is C26H24N4O4. The molecule has 4 rings (SSSR count). The van der Waals surface area contributed by atoms with E-state index in [1.165, 1.54) is 7.11 Å². The van der Waals surface area contributed by atoms with Crippen LogP contribution in [0.3, 0.4) is 0 Å². The fourth-order valence-electron chi connectivity index (χ4n) is 3.83. The summed E-state index contributed by atoms with van der Waals surface area (Å²) in [5.41, 5.74) is 9.34. The average molecular weight is 457 g/mol. The Bertz CT molecular complexity index is 1270. The summed E-state index contributed by atoms with van der Waals surface area (Å²) >= 11 is 0. The highest BCUT2D eigenvalue weighted by Gasteiger charge is 2.36. The van der Waals surface area contributed by atoms with Crippen LogP contribution in [-0.4, -0.2) is 43.7 Å². The molecule has 0 bridgehead atoms. The Labute approximate surface area is 196 Å². The number of amides is 2. The minimum Gasteiger partial charge on any atom is -0.465 e. The number of carbonyl (C=O) groups is 3. The number of nitrogens with two attached hydrogens (primary N) is 1. The van der Waals surface area contributed by atoms with Gasteiger partial charge < -0.3 is 21.1 Å². The smallest absolute Gasteiger partial charge is 0.337 e. The Kier molecular flexibility index (Phi) is 6.79. The Morgan fingerprint density at radius 1 is 1.00 bits per heavy atom. The van der Waals surface area contributed by atoms with Gasteiger partial charge in [0.1, 0.15) is 5.92 Å². The molecule has 0 saturated heterocycles. The molecule has 1 aliphatic rings. The Balaban J connectivity index is 1.78. The zero-order valence-electron chi connectivity index (χ0n) is 18.6. The van der Waals surface area contributed by atoms with E-state index in [9.17, 15) is 14.4 Å². The Hall–Kier alpha value is -4.30. The topological polar surface area (TPSA) is 123 Å². The molecule has 172 valence electrons. The molecule has 1 unspecified atom stereocenters. The fraction of sp³-hybridized carbons (Fsp3) is 0.154. The van der Waals surface area contributed by atoms with Crippen LogP contribution in [0, 0.1) is 0 Å². The predicted molar refractivity (Wildman–Crippen MR) is 130 cm³/mol. The first-order valence-electron chi connectivity index (χ1n) is 10.8. The molecule has 8 nitrogen and oxygen atoms in total. The lowest BCUT2D eigenvalue weighted by molar-refractivity contribution is -0.115. The lowest BCUT2D eigenvalue weighted by atomic mass is 9.90. The number of anilines is 1. The van der Waals surface area contributed by atoms with Gasteiger partial charge in [-0.1, -0.05) is 42.5 Å². The monoisotopic (exact) mass is 456 g/mol. The van der Waals surface area contributed by atoms with Gasteiger partial charge >= 0.3 is 5.97 Å². The summed E-state index contributed by atoms with van der Waals surface area (Å²) < 4.78 is 4.79. The number of hydrogen-bond acceptors (Lipinski definition) is 6. The van der Waals surface area contributed by atoms with Gasteiger partial charge in [-0.15, -0.1) is 0 Å². The normalized spacial score (nSPS) is 14.8. The van der Waals surface area contributed by atoms with Crippen LogP contribution in [0.1, 0.15) is 37.8 Å². The van der Waals surface area contributed by atoms with Gasteiger partial charge in [-0.3, -0.25) is 14.6 Å². The van der Waals surface area contributed by atoms with Crippen LogP contribution >= 0.6 is 0 Å². The SMILES string of the molecule is COC(=O)c1ccc2c(c1)NC(=O)C2C(=Nc1cccc(C(=O)NCCN)c1)c1ccccc1. The third-order valence-corrected chi connectivity index (χ3v) is 5.44. The molecule has 1 aliphatic heterocycles. The summed E-state index contributed by atoms with van der Waals surface area (Å²) in [7, 11) is 1.31. The van der Waals surface area contributed by atoms with Crippen LogP contribution in [0.4, 0.5) is 11.4 Å². The molecule has 0 aliphatic carbocycles. The maximum absolute atomic E-state index is 13.1. The molecule has 4 N–H and O–H groups in total. The van der Waals surface area contributed by atoms with Gasteiger partial charge in [-0.25, -0.2) is 4.79 Å². The summed E-state index contributed by atoms with van der Waals surface area (Å²) in [5, 5.41) is 5.59. The van der Waals surface area contributed by atoms with Gasteiger partial charge in [0.25, 0.3) is 5.91 Å². The summed E-state index contributed by atoms with van der Waals surface area (Å²) in [4.78, 5) is 42.2. The van der Waals surface area contributed by atoms with E-state index in [1.807, 2.05) is 30.3 Å². The van der Waals surface area contributed by atoms with E-state index in [2.05, 4.69) is 10.6 Å². The molecule has 1 atom stereocenters. The van der Waals surface area contributed by atoms with Gasteiger partial charge in [0.15, 0.2) is 0 Å². The van der Waals surface area contributed by atoms with Crippen molar-refractivity contribution in [1.82, 2.24) is 5.32 Å². The van der Waals surface area contributed by atoms with Gasteiger partial charge in [0.2, 0.25) is 5.91 Å². The van der Waals surface area contributed by atoms with Crippen molar-refractivity contribution in [1.29, 1.82) is 0 Å². The van der Waals surface area contributed by atoms with Crippen molar-refractivity contribution in [3.05, 3.63) is 95.1 Å². The maximum atomic E-state index is 13.1. The number of nitrogens with one attached hydrogen (secondary N) is 2. The second-order valence-electron chi connectivity index (χ2n) is 7.67. The maximum Gasteiger partial charge on any atom is 0.337 e. The van der Waals surface area contributed by atoms with Crippen LogP contribution in [-0.2, 0) is 9.53 Å². The van der Waals surface area contributed by atoms with Crippen LogP contribution in [0.25, 0.3) is 0 Å². The summed E-state index contributed by atoms with van der Waals surface area (Å²) in [5.74, 6) is -1.68. The van der Waals surface area contributed by atoms with Crippen molar-refractivity contribution in [3.8, 4) is 0 Å². The van der Waals surface area contributed by atoms with Crippen LogP contribution in [0.5, 0.6) is 0 Å². The lowest BCUT2D eigenvalue weighted by Gasteiger charge is -2.14. The van der Waals surface area contributed by atoms with E-state index in [1.54, 1.807) is 42.5 Å². The first-order chi connectivity index (χ1) is 16.5. The van der Waals surface area contributed by atoms with Gasteiger partial charge in [-0.05, 0) is 41.5 Å². The van der Waals surface area contributed by atoms with E-state index >= 15 is 0 Å². The van der Waals surface area contributed by atoms with Crippen LogP contribution in [0.15, 0.2) is 77.8 Å². The molecule has 0 saturated carbocycles. The molecule has 1 heterocycles. The van der Waals surface area contributed by atoms with Gasteiger partial charge in [0.05, 0.1) is 24.1 Å². The van der Waals surface area contributed by atoms with E-state index in [-0.39, 0.29) is 11.8 Å². The second-order valence-corrected chi connectivity index (χ2v) is 7.67. The molecular weight excluding hydrogens is 432 g/mol.